The molecule has 0 aliphatic heterocycles. The van der Waals surface area contributed by atoms with E-state index < -0.39 is 28.6 Å². The van der Waals surface area contributed by atoms with Gasteiger partial charge in [0.25, 0.3) is 0 Å². The fourth-order valence-electron chi connectivity index (χ4n) is 3.87. The van der Waals surface area contributed by atoms with Crippen LogP contribution in [0, 0.1) is 0 Å². The topological polar surface area (TPSA) is 104 Å². The number of Topliss-reactive ketones (excluding diaryl/α,β-unsaturated/α-hetero) is 1. The number of phenolic OH excluding ortho intramolecular Hbond substituents is 2. The van der Waals surface area contributed by atoms with E-state index >= 15 is 0 Å². The lowest BCUT2D eigenvalue weighted by atomic mass is 9.75. The Morgan fingerprint density at radius 2 is 1.77 bits per heavy atom. The minimum Gasteiger partial charge on any atom is -0.507 e. The summed E-state index contributed by atoms with van der Waals surface area (Å²) >= 11 is 6.24. The van der Waals surface area contributed by atoms with Gasteiger partial charge in [-0.25, -0.2) is 0 Å². The number of aliphatic hydroxyl groups is 1. The lowest BCUT2D eigenvalue weighted by Crippen LogP contribution is -2.50. The molecular formula is C19H15ClO6. The van der Waals surface area contributed by atoms with Gasteiger partial charge in [-0.15, -0.1) is 11.6 Å². The molecule has 0 aromatic heterocycles. The molecule has 0 amide bonds. The number of ketones is 2. The van der Waals surface area contributed by atoms with Crippen LogP contribution in [0.1, 0.15) is 44.9 Å². The van der Waals surface area contributed by atoms with E-state index in [1.165, 1.54) is 38.3 Å². The molecule has 26 heavy (non-hydrogen) atoms. The number of hydrogen-bond donors (Lipinski definition) is 3. The predicted molar refractivity (Wildman–Crippen MR) is 93.0 cm³/mol. The van der Waals surface area contributed by atoms with Crippen molar-refractivity contribution in [1.82, 2.24) is 0 Å². The van der Waals surface area contributed by atoms with Gasteiger partial charge in [-0.2, -0.15) is 0 Å². The summed E-state index contributed by atoms with van der Waals surface area (Å²) in [5.74, 6) is -1.55. The summed E-state index contributed by atoms with van der Waals surface area (Å²) in [5.41, 5.74) is 0.779. The monoisotopic (exact) mass is 374 g/mol. The smallest absolute Gasteiger partial charge is 0.194 e. The maximum Gasteiger partial charge on any atom is 0.194 e. The summed E-state index contributed by atoms with van der Waals surface area (Å²) in [7, 11) is 1.34. The second kappa shape index (κ2) is 5.30. The second-order valence-corrected chi connectivity index (χ2v) is 7.43. The Morgan fingerprint density at radius 3 is 2.42 bits per heavy atom. The molecule has 2 aromatic carbocycles. The Morgan fingerprint density at radius 1 is 1.08 bits per heavy atom. The molecule has 0 bridgehead atoms. The number of halogens is 1. The maximum atomic E-state index is 13.0. The van der Waals surface area contributed by atoms with Crippen molar-refractivity contribution in [2.24, 2.45) is 0 Å². The highest BCUT2D eigenvalue weighted by molar-refractivity contribution is 6.39. The molecule has 6 nitrogen and oxygen atoms in total. The zero-order chi connectivity index (χ0) is 19.0. The highest BCUT2D eigenvalue weighted by atomic mass is 35.5. The average Bonchev–Trinajstić information content (AvgIpc) is 2.90. The Kier molecular flexibility index (Phi) is 3.47. The molecule has 0 saturated carbocycles. The fourth-order valence-corrected chi connectivity index (χ4v) is 4.09. The van der Waals surface area contributed by atoms with Crippen molar-refractivity contribution in [3.63, 3.8) is 0 Å². The number of phenols is 2. The van der Waals surface area contributed by atoms with Crippen LogP contribution >= 0.6 is 11.6 Å². The molecule has 0 spiro atoms. The third kappa shape index (κ3) is 1.89. The molecule has 2 aliphatic rings. The molecule has 3 atom stereocenters. The number of ether oxygens (including phenoxy) is 1. The van der Waals surface area contributed by atoms with Crippen molar-refractivity contribution >= 4 is 23.2 Å². The van der Waals surface area contributed by atoms with Crippen LogP contribution in [0.4, 0.5) is 0 Å². The first kappa shape index (κ1) is 17.0. The van der Waals surface area contributed by atoms with Gasteiger partial charge in [0, 0.05) is 40.5 Å². The molecule has 1 unspecified atom stereocenters. The minimum absolute atomic E-state index is 0.0246. The van der Waals surface area contributed by atoms with Gasteiger partial charge in [0.05, 0.1) is 0 Å². The number of rotatable bonds is 1. The molecule has 7 heteroatoms. The molecule has 0 heterocycles. The lowest BCUT2D eigenvalue weighted by molar-refractivity contribution is -0.0331. The molecule has 0 saturated heterocycles. The third-order valence-corrected chi connectivity index (χ3v) is 5.58. The molecule has 2 aromatic rings. The van der Waals surface area contributed by atoms with E-state index in [-0.39, 0.29) is 44.9 Å². The number of fused-ring (bicyclic) bond motifs is 5. The highest BCUT2D eigenvalue weighted by Gasteiger charge is 2.52. The van der Waals surface area contributed by atoms with Crippen LogP contribution in [0.25, 0.3) is 11.1 Å². The standard InChI is InChI=1S/C19H15ClO6/c1-19(20)17(24)8-6-10(22)13-11-7(4-3-5-9(11)21)15(23)14(13)12(8)16(26-2)18(19)25/h3-6,16,18,21-22,25H,1-2H3/t16-,18+,19?/m1/s1. The maximum absolute atomic E-state index is 13.0. The van der Waals surface area contributed by atoms with Crippen molar-refractivity contribution in [2.75, 3.05) is 7.11 Å². The molecular weight excluding hydrogens is 360 g/mol. The third-order valence-electron chi connectivity index (χ3n) is 5.18. The van der Waals surface area contributed by atoms with E-state index in [0.29, 0.717) is 0 Å². The summed E-state index contributed by atoms with van der Waals surface area (Å²) in [4.78, 5) is 24.1. The molecule has 4 rings (SSSR count). The van der Waals surface area contributed by atoms with Crippen LogP contribution < -0.4 is 0 Å². The summed E-state index contributed by atoms with van der Waals surface area (Å²) in [6.45, 7) is 1.36. The number of methoxy groups -OCH3 is 1. The van der Waals surface area contributed by atoms with Crippen molar-refractivity contribution in [1.29, 1.82) is 0 Å². The summed E-state index contributed by atoms with van der Waals surface area (Å²) in [6, 6.07) is 5.66. The first-order chi connectivity index (χ1) is 12.2. The van der Waals surface area contributed by atoms with E-state index in [1.807, 2.05) is 0 Å². The average molecular weight is 375 g/mol. The first-order valence-electron chi connectivity index (χ1n) is 7.93. The van der Waals surface area contributed by atoms with Gasteiger partial charge < -0.3 is 20.1 Å². The van der Waals surface area contributed by atoms with Gasteiger partial charge in [-0.05, 0) is 19.1 Å². The molecule has 134 valence electrons. The van der Waals surface area contributed by atoms with Crippen molar-refractivity contribution < 1.29 is 29.6 Å². The SMILES string of the molecule is CO[C@@H]1c2c(cc(O)c3c2C(=O)c2cccc(O)c2-3)C(=O)C(C)(Cl)[C@H]1O. The largest absolute Gasteiger partial charge is 0.507 e. The van der Waals surface area contributed by atoms with E-state index in [9.17, 15) is 24.9 Å². The highest BCUT2D eigenvalue weighted by Crippen LogP contribution is 2.53. The van der Waals surface area contributed by atoms with Gasteiger partial charge >= 0.3 is 0 Å². The van der Waals surface area contributed by atoms with Crippen LogP contribution in [0.2, 0.25) is 0 Å². The van der Waals surface area contributed by atoms with E-state index in [0.717, 1.165) is 0 Å². The van der Waals surface area contributed by atoms with Crippen LogP contribution in [0.3, 0.4) is 0 Å². The summed E-state index contributed by atoms with van der Waals surface area (Å²) in [5, 5.41) is 31.3. The first-order valence-corrected chi connectivity index (χ1v) is 8.31. The number of alkyl halides is 1. The Balaban J connectivity index is 2.13. The van der Waals surface area contributed by atoms with Crippen LogP contribution in [0.15, 0.2) is 24.3 Å². The van der Waals surface area contributed by atoms with E-state index in [4.69, 9.17) is 16.3 Å². The van der Waals surface area contributed by atoms with E-state index in [1.54, 1.807) is 0 Å². The van der Waals surface area contributed by atoms with Gasteiger partial charge in [-0.3, -0.25) is 9.59 Å². The van der Waals surface area contributed by atoms with Crippen molar-refractivity contribution in [3.8, 4) is 22.6 Å². The number of aromatic hydroxyl groups is 2. The molecule has 0 fully saturated rings. The predicted octanol–water partition coefficient (Wildman–Crippen LogP) is 2.55. The minimum atomic E-state index is -1.66. The zero-order valence-electron chi connectivity index (χ0n) is 13.9. The van der Waals surface area contributed by atoms with Crippen LogP contribution in [-0.4, -0.2) is 45.0 Å². The van der Waals surface area contributed by atoms with Crippen molar-refractivity contribution in [2.45, 2.75) is 24.0 Å². The Bertz CT molecular complexity index is 994. The lowest BCUT2D eigenvalue weighted by Gasteiger charge is -2.39. The second-order valence-electron chi connectivity index (χ2n) is 6.64. The van der Waals surface area contributed by atoms with Gasteiger partial charge in [0.15, 0.2) is 11.6 Å². The van der Waals surface area contributed by atoms with Gasteiger partial charge in [0.2, 0.25) is 0 Å². The van der Waals surface area contributed by atoms with Gasteiger partial charge in [0.1, 0.15) is 28.6 Å². The van der Waals surface area contributed by atoms with Crippen LogP contribution in [-0.2, 0) is 4.74 Å². The summed E-state index contributed by atoms with van der Waals surface area (Å²) < 4.78 is 5.37. The molecule has 2 aliphatic carbocycles. The number of carbonyl (C=O) groups is 2. The summed E-state index contributed by atoms with van der Waals surface area (Å²) in [6.07, 6.45) is -2.44. The van der Waals surface area contributed by atoms with Crippen molar-refractivity contribution in [3.05, 3.63) is 46.5 Å². The quantitative estimate of drug-likeness (QED) is 0.565. The number of hydrogen-bond acceptors (Lipinski definition) is 6. The number of carbonyl (C=O) groups excluding carboxylic acids is 2. The zero-order valence-corrected chi connectivity index (χ0v) is 14.7. The number of aliphatic hydroxyl groups excluding tert-OH is 1. The Hall–Kier alpha value is -2.41. The Labute approximate surface area is 153 Å². The molecule has 3 N–H and O–H groups in total. The van der Waals surface area contributed by atoms with E-state index in [2.05, 4.69) is 0 Å². The normalized spacial score (nSPS) is 26.5. The number of benzene rings is 2. The van der Waals surface area contributed by atoms with Gasteiger partial charge in [-0.1, -0.05) is 12.1 Å². The van der Waals surface area contributed by atoms with Crippen LogP contribution in [0.5, 0.6) is 11.5 Å². The molecule has 0 radical (unpaired) electrons. The fraction of sp³-hybridized carbons (Fsp3) is 0.263.